The van der Waals surface area contributed by atoms with Crippen LogP contribution >= 0.6 is 34.8 Å². The summed E-state index contributed by atoms with van der Waals surface area (Å²) in [6, 6.07) is 8.28. The first-order chi connectivity index (χ1) is 9.06. The SMILES string of the molecule is COc1ccc(-c2c(Cl)cc(Cl)cc2Cl)c(C=O)c1. The number of aldehydes is 1. The van der Waals surface area contributed by atoms with Crippen LogP contribution in [0.3, 0.4) is 0 Å². The van der Waals surface area contributed by atoms with E-state index in [-0.39, 0.29) is 0 Å². The summed E-state index contributed by atoms with van der Waals surface area (Å²) < 4.78 is 5.08. The summed E-state index contributed by atoms with van der Waals surface area (Å²) in [6.07, 6.45) is 0.735. The molecule has 0 bridgehead atoms. The number of methoxy groups -OCH3 is 1. The molecule has 98 valence electrons. The van der Waals surface area contributed by atoms with Gasteiger partial charge in [0.1, 0.15) is 5.75 Å². The van der Waals surface area contributed by atoms with Crippen LogP contribution in [0.2, 0.25) is 15.1 Å². The molecule has 2 nitrogen and oxygen atoms in total. The Morgan fingerprint density at radius 2 is 1.68 bits per heavy atom. The lowest BCUT2D eigenvalue weighted by molar-refractivity contribution is 0.112. The van der Waals surface area contributed by atoms with Crippen molar-refractivity contribution < 1.29 is 9.53 Å². The summed E-state index contributed by atoms with van der Waals surface area (Å²) in [4.78, 5) is 11.2. The first-order valence-corrected chi connectivity index (χ1v) is 6.48. The lowest BCUT2D eigenvalue weighted by atomic mass is 10.00. The third kappa shape index (κ3) is 2.86. The second kappa shape index (κ2) is 5.83. The molecule has 0 aromatic heterocycles. The molecule has 0 heterocycles. The first kappa shape index (κ1) is 14.2. The fourth-order valence-electron chi connectivity index (χ4n) is 1.79. The van der Waals surface area contributed by atoms with Crippen LogP contribution < -0.4 is 4.74 Å². The van der Waals surface area contributed by atoms with Crippen LogP contribution in [0.5, 0.6) is 5.75 Å². The minimum Gasteiger partial charge on any atom is -0.497 e. The number of halogens is 3. The molecular formula is C14H9Cl3O2. The van der Waals surface area contributed by atoms with Gasteiger partial charge in [-0.05, 0) is 35.9 Å². The fourth-order valence-corrected chi connectivity index (χ4v) is 2.81. The Balaban J connectivity index is 2.68. The third-order valence-corrected chi connectivity index (χ3v) is 3.48. The van der Waals surface area contributed by atoms with Crippen LogP contribution in [0.4, 0.5) is 0 Å². The van der Waals surface area contributed by atoms with Crippen molar-refractivity contribution in [3.05, 3.63) is 51.0 Å². The predicted molar refractivity (Wildman–Crippen MR) is 78.8 cm³/mol. The number of carbonyl (C=O) groups excluding carboxylic acids is 1. The molecule has 5 heteroatoms. The van der Waals surface area contributed by atoms with Crippen molar-refractivity contribution in [2.24, 2.45) is 0 Å². The van der Waals surface area contributed by atoms with Gasteiger partial charge in [0.2, 0.25) is 0 Å². The average Bonchev–Trinajstić information content (AvgIpc) is 2.37. The van der Waals surface area contributed by atoms with E-state index in [1.54, 1.807) is 30.3 Å². The molecule has 0 unspecified atom stereocenters. The first-order valence-electron chi connectivity index (χ1n) is 5.35. The quantitative estimate of drug-likeness (QED) is 0.733. The van der Waals surface area contributed by atoms with Crippen LogP contribution in [0, 0.1) is 0 Å². The molecule has 0 spiro atoms. The lowest BCUT2D eigenvalue weighted by Gasteiger charge is -2.11. The highest BCUT2D eigenvalue weighted by atomic mass is 35.5. The lowest BCUT2D eigenvalue weighted by Crippen LogP contribution is -1.92. The maximum atomic E-state index is 11.2. The van der Waals surface area contributed by atoms with E-state index < -0.39 is 0 Å². The Kier molecular flexibility index (Phi) is 4.35. The predicted octanol–water partition coefficient (Wildman–Crippen LogP) is 5.13. The molecule has 0 amide bonds. The molecule has 2 aromatic rings. The molecule has 0 N–H and O–H groups in total. The monoisotopic (exact) mass is 314 g/mol. The summed E-state index contributed by atoms with van der Waals surface area (Å²) in [5, 5.41) is 1.23. The van der Waals surface area contributed by atoms with Gasteiger partial charge in [-0.1, -0.05) is 34.8 Å². The fraction of sp³-hybridized carbons (Fsp3) is 0.0714. The van der Waals surface area contributed by atoms with Crippen LogP contribution in [0.25, 0.3) is 11.1 Å². The molecule has 0 fully saturated rings. The van der Waals surface area contributed by atoms with E-state index in [4.69, 9.17) is 39.5 Å². The summed E-state index contributed by atoms with van der Waals surface area (Å²) in [5.74, 6) is 0.590. The normalized spacial score (nSPS) is 10.3. The van der Waals surface area contributed by atoms with Gasteiger partial charge in [-0.15, -0.1) is 0 Å². The molecule has 2 aromatic carbocycles. The Morgan fingerprint density at radius 1 is 1.05 bits per heavy atom. The van der Waals surface area contributed by atoms with Crippen LogP contribution in [0.1, 0.15) is 10.4 Å². The van der Waals surface area contributed by atoms with Crippen LogP contribution in [0.15, 0.2) is 30.3 Å². The van der Waals surface area contributed by atoms with E-state index in [2.05, 4.69) is 0 Å². The Labute approximate surface area is 125 Å². The number of benzene rings is 2. The van der Waals surface area contributed by atoms with E-state index in [9.17, 15) is 4.79 Å². The maximum absolute atomic E-state index is 11.2. The molecule has 0 saturated carbocycles. The van der Waals surface area contributed by atoms with E-state index in [1.165, 1.54) is 7.11 Å². The van der Waals surface area contributed by atoms with Crippen molar-refractivity contribution in [1.29, 1.82) is 0 Å². The number of hydrogen-bond acceptors (Lipinski definition) is 2. The summed E-state index contributed by atoms with van der Waals surface area (Å²) in [5.41, 5.74) is 1.67. The van der Waals surface area contributed by atoms with Gasteiger partial charge in [-0.25, -0.2) is 0 Å². The Morgan fingerprint density at radius 3 is 2.21 bits per heavy atom. The minimum atomic E-state index is 0.394. The largest absolute Gasteiger partial charge is 0.497 e. The van der Waals surface area contributed by atoms with Gasteiger partial charge >= 0.3 is 0 Å². The van der Waals surface area contributed by atoms with Gasteiger partial charge < -0.3 is 4.74 Å². The number of carbonyl (C=O) groups is 1. The van der Waals surface area contributed by atoms with Crippen molar-refractivity contribution >= 4 is 41.1 Å². The summed E-state index contributed by atoms with van der Waals surface area (Å²) in [6.45, 7) is 0. The zero-order chi connectivity index (χ0) is 14.0. The highest BCUT2D eigenvalue weighted by Crippen LogP contribution is 2.39. The molecule has 0 aliphatic carbocycles. The third-order valence-electron chi connectivity index (χ3n) is 2.66. The molecule has 2 rings (SSSR count). The van der Waals surface area contributed by atoms with Gasteiger partial charge in [-0.2, -0.15) is 0 Å². The molecule has 0 aliphatic heterocycles. The highest BCUT2D eigenvalue weighted by Gasteiger charge is 2.14. The Bertz CT molecular complexity index is 616. The van der Waals surface area contributed by atoms with Crippen LogP contribution in [-0.2, 0) is 0 Å². The summed E-state index contributed by atoms with van der Waals surface area (Å²) >= 11 is 18.2. The highest BCUT2D eigenvalue weighted by molar-refractivity contribution is 6.42. The minimum absolute atomic E-state index is 0.394. The molecule has 0 atom stereocenters. The zero-order valence-electron chi connectivity index (χ0n) is 9.91. The van der Waals surface area contributed by atoms with Gasteiger partial charge in [0, 0.05) is 16.1 Å². The van der Waals surface area contributed by atoms with Gasteiger partial charge in [0.05, 0.1) is 17.2 Å². The van der Waals surface area contributed by atoms with E-state index in [0.717, 1.165) is 6.29 Å². The van der Waals surface area contributed by atoms with Crippen molar-refractivity contribution in [3.63, 3.8) is 0 Å². The van der Waals surface area contributed by atoms with Gasteiger partial charge in [0.15, 0.2) is 6.29 Å². The zero-order valence-corrected chi connectivity index (χ0v) is 12.2. The van der Waals surface area contributed by atoms with Crippen molar-refractivity contribution in [2.75, 3.05) is 7.11 Å². The topological polar surface area (TPSA) is 26.3 Å². The van der Waals surface area contributed by atoms with E-state index in [1.807, 2.05) is 0 Å². The van der Waals surface area contributed by atoms with Crippen molar-refractivity contribution in [1.82, 2.24) is 0 Å². The standard InChI is InChI=1S/C14H9Cl3O2/c1-19-10-2-3-11(8(4-10)7-18)14-12(16)5-9(15)6-13(14)17/h2-7H,1H3. The average molecular weight is 316 g/mol. The molecule has 19 heavy (non-hydrogen) atoms. The molecule has 0 aliphatic rings. The second-order valence-electron chi connectivity index (χ2n) is 3.82. The molecular weight excluding hydrogens is 307 g/mol. The Hall–Kier alpha value is -1.22. The van der Waals surface area contributed by atoms with Gasteiger partial charge in [0.25, 0.3) is 0 Å². The second-order valence-corrected chi connectivity index (χ2v) is 5.07. The molecule has 0 saturated heterocycles. The van der Waals surface area contributed by atoms with Crippen molar-refractivity contribution in [3.8, 4) is 16.9 Å². The number of hydrogen-bond donors (Lipinski definition) is 0. The number of ether oxygens (including phenoxy) is 1. The van der Waals surface area contributed by atoms with E-state index in [0.29, 0.717) is 37.5 Å². The smallest absolute Gasteiger partial charge is 0.150 e. The van der Waals surface area contributed by atoms with Gasteiger partial charge in [-0.3, -0.25) is 4.79 Å². The van der Waals surface area contributed by atoms with Crippen LogP contribution in [-0.4, -0.2) is 13.4 Å². The summed E-state index contributed by atoms with van der Waals surface area (Å²) in [7, 11) is 1.53. The maximum Gasteiger partial charge on any atom is 0.150 e. The van der Waals surface area contributed by atoms with E-state index >= 15 is 0 Å². The van der Waals surface area contributed by atoms with Crippen molar-refractivity contribution in [2.45, 2.75) is 0 Å². The molecule has 0 radical (unpaired) electrons. The number of rotatable bonds is 3.